The van der Waals surface area contributed by atoms with Crippen molar-refractivity contribution in [1.29, 1.82) is 0 Å². The van der Waals surface area contributed by atoms with Gasteiger partial charge >= 0.3 is 5.97 Å². The van der Waals surface area contributed by atoms with Gasteiger partial charge in [-0.15, -0.1) is 0 Å². The maximum atomic E-state index is 13.6. The van der Waals surface area contributed by atoms with Gasteiger partial charge in [-0.2, -0.15) is 0 Å². The molecule has 4 rings (SSSR count). The second-order valence-corrected chi connectivity index (χ2v) is 9.57. The lowest BCUT2D eigenvalue weighted by Gasteiger charge is -2.27. The van der Waals surface area contributed by atoms with Crippen LogP contribution in [0.4, 0.5) is 5.69 Å². The zero-order chi connectivity index (χ0) is 25.2. The Morgan fingerprint density at radius 1 is 0.971 bits per heavy atom. The number of hydrogen-bond donors (Lipinski definition) is 1. The van der Waals surface area contributed by atoms with Crippen LogP contribution >= 0.6 is 0 Å². The van der Waals surface area contributed by atoms with Gasteiger partial charge in [0.1, 0.15) is 16.7 Å². The number of aliphatic hydroxyl groups is 1. The number of nitrogens with zero attached hydrogens (tertiary/aromatic N) is 1. The highest BCUT2D eigenvalue weighted by atomic mass is 32.2. The van der Waals surface area contributed by atoms with Crippen molar-refractivity contribution in [3.8, 4) is 5.75 Å². The highest BCUT2D eigenvalue weighted by molar-refractivity contribution is 7.95. The number of sulfone groups is 1. The fraction of sp³-hybridized carbons (Fsp3) is 0.154. The van der Waals surface area contributed by atoms with E-state index < -0.39 is 38.4 Å². The van der Waals surface area contributed by atoms with Gasteiger partial charge in [-0.1, -0.05) is 30.3 Å². The third-order valence-electron chi connectivity index (χ3n) is 5.59. The van der Waals surface area contributed by atoms with Crippen molar-refractivity contribution in [2.24, 2.45) is 0 Å². The van der Waals surface area contributed by atoms with Gasteiger partial charge < -0.3 is 14.6 Å². The number of aliphatic hydroxyl groups excluding tert-OH is 1. The molecule has 1 atom stereocenters. The first-order valence-corrected chi connectivity index (χ1v) is 12.3. The second-order valence-electron chi connectivity index (χ2n) is 7.65. The molecule has 9 heteroatoms. The molecule has 0 bridgehead atoms. The zero-order valence-electron chi connectivity index (χ0n) is 19.0. The van der Waals surface area contributed by atoms with Crippen LogP contribution in [0.2, 0.25) is 0 Å². The molecule has 0 spiro atoms. The molecule has 180 valence electrons. The number of benzene rings is 3. The van der Waals surface area contributed by atoms with Crippen molar-refractivity contribution in [1.82, 2.24) is 0 Å². The minimum atomic E-state index is -4.24. The van der Waals surface area contributed by atoms with Gasteiger partial charge in [-0.25, -0.2) is 13.2 Å². The molecule has 1 aliphatic rings. The lowest BCUT2D eigenvalue weighted by atomic mass is 10.1. The van der Waals surface area contributed by atoms with Crippen LogP contribution in [-0.2, 0) is 19.4 Å². The predicted molar refractivity (Wildman–Crippen MR) is 129 cm³/mol. The third kappa shape index (κ3) is 4.38. The van der Waals surface area contributed by atoms with E-state index in [4.69, 9.17) is 9.47 Å². The van der Waals surface area contributed by atoms with Crippen molar-refractivity contribution in [3.05, 3.63) is 101 Å². The largest absolute Gasteiger partial charge is 0.502 e. The Kier molecular flexibility index (Phi) is 6.61. The first kappa shape index (κ1) is 24.0. The first-order valence-electron chi connectivity index (χ1n) is 10.8. The number of carbonyl (C=O) groups excluding carboxylic acids is 2. The number of esters is 1. The summed E-state index contributed by atoms with van der Waals surface area (Å²) in [6.45, 7) is 1.90. The van der Waals surface area contributed by atoms with Crippen LogP contribution in [0.5, 0.6) is 5.75 Å². The Morgan fingerprint density at radius 3 is 2.17 bits per heavy atom. The molecule has 0 unspecified atom stereocenters. The number of methoxy groups -OCH3 is 1. The third-order valence-corrected chi connectivity index (χ3v) is 7.48. The van der Waals surface area contributed by atoms with E-state index in [9.17, 15) is 23.1 Å². The summed E-state index contributed by atoms with van der Waals surface area (Å²) in [6.07, 6.45) is 0. The molecule has 0 radical (unpaired) electrons. The molecule has 1 heterocycles. The van der Waals surface area contributed by atoms with Crippen molar-refractivity contribution in [3.63, 3.8) is 0 Å². The van der Waals surface area contributed by atoms with E-state index in [1.54, 1.807) is 49.4 Å². The van der Waals surface area contributed by atoms with Crippen LogP contribution in [-0.4, -0.2) is 39.1 Å². The smallest absolute Gasteiger partial charge is 0.338 e. The summed E-state index contributed by atoms with van der Waals surface area (Å²) in [4.78, 5) is 26.0. The number of amides is 1. The maximum absolute atomic E-state index is 13.6. The highest BCUT2D eigenvalue weighted by Crippen LogP contribution is 2.45. The molecule has 0 aliphatic carbocycles. The fourth-order valence-corrected chi connectivity index (χ4v) is 5.56. The number of anilines is 1. The molecule has 0 aromatic heterocycles. The predicted octanol–water partition coefficient (Wildman–Crippen LogP) is 4.20. The van der Waals surface area contributed by atoms with Crippen LogP contribution in [0.15, 0.2) is 94.4 Å². The average Bonchev–Trinajstić information content (AvgIpc) is 3.15. The molecule has 0 fully saturated rings. The van der Waals surface area contributed by atoms with Crippen LogP contribution in [0.3, 0.4) is 0 Å². The van der Waals surface area contributed by atoms with E-state index in [0.29, 0.717) is 17.0 Å². The standard InChI is InChI=1S/C26H23NO7S/c1-3-34-26(30)18-9-13-19(14-10-18)27-22(17-11-15-20(33-2)16-12-17)24(23(28)25(27)29)35(31,32)21-7-5-4-6-8-21/h4-16,22,28H,3H2,1-2H3/t22-/m1/s1. The van der Waals surface area contributed by atoms with Crippen molar-refractivity contribution >= 4 is 27.4 Å². The van der Waals surface area contributed by atoms with Crippen LogP contribution < -0.4 is 9.64 Å². The topological polar surface area (TPSA) is 110 Å². The normalized spacial score (nSPS) is 15.9. The Bertz CT molecular complexity index is 1380. The summed E-state index contributed by atoms with van der Waals surface area (Å²) in [5, 5.41) is 10.8. The minimum absolute atomic E-state index is 0.0487. The van der Waals surface area contributed by atoms with Gasteiger partial charge in [0, 0.05) is 5.69 Å². The molecule has 0 saturated heterocycles. The van der Waals surface area contributed by atoms with Crippen LogP contribution in [0.1, 0.15) is 28.9 Å². The van der Waals surface area contributed by atoms with E-state index in [2.05, 4.69) is 0 Å². The molecular formula is C26H23NO7S. The molecule has 3 aromatic rings. The van der Waals surface area contributed by atoms with E-state index >= 15 is 0 Å². The molecule has 0 saturated carbocycles. The summed E-state index contributed by atoms with van der Waals surface area (Å²) >= 11 is 0. The van der Waals surface area contributed by atoms with Crippen LogP contribution in [0, 0.1) is 0 Å². The van der Waals surface area contributed by atoms with E-state index in [0.717, 1.165) is 0 Å². The highest BCUT2D eigenvalue weighted by Gasteiger charge is 2.47. The number of hydrogen-bond acceptors (Lipinski definition) is 7. The van der Waals surface area contributed by atoms with Crippen molar-refractivity contribution in [2.45, 2.75) is 17.9 Å². The number of carbonyl (C=O) groups is 2. The molecule has 35 heavy (non-hydrogen) atoms. The molecular weight excluding hydrogens is 470 g/mol. The summed E-state index contributed by atoms with van der Waals surface area (Å²) in [6, 6.07) is 19.0. The number of rotatable bonds is 7. The quantitative estimate of drug-likeness (QED) is 0.491. The van der Waals surface area contributed by atoms with Gasteiger partial charge in [0.2, 0.25) is 9.84 Å². The summed E-state index contributed by atoms with van der Waals surface area (Å²) < 4.78 is 37.4. The van der Waals surface area contributed by atoms with E-state index in [1.165, 1.54) is 48.4 Å². The molecule has 1 amide bonds. The summed E-state index contributed by atoms with van der Waals surface area (Å²) in [5.74, 6) is -1.70. The van der Waals surface area contributed by atoms with E-state index in [1.807, 2.05) is 0 Å². The second kappa shape index (κ2) is 9.63. The van der Waals surface area contributed by atoms with Gasteiger partial charge in [-0.05, 0) is 61.0 Å². The van der Waals surface area contributed by atoms with Gasteiger partial charge in [0.25, 0.3) is 5.91 Å². The summed E-state index contributed by atoms with van der Waals surface area (Å²) in [7, 11) is -2.74. The van der Waals surface area contributed by atoms with Gasteiger partial charge in [-0.3, -0.25) is 9.69 Å². The average molecular weight is 494 g/mol. The maximum Gasteiger partial charge on any atom is 0.338 e. The Hall–Kier alpha value is -4.11. The Balaban J connectivity index is 1.85. The fourth-order valence-electron chi connectivity index (χ4n) is 3.91. The molecule has 1 aliphatic heterocycles. The van der Waals surface area contributed by atoms with Crippen LogP contribution in [0.25, 0.3) is 0 Å². The van der Waals surface area contributed by atoms with E-state index in [-0.39, 0.29) is 17.1 Å². The Morgan fingerprint density at radius 2 is 1.60 bits per heavy atom. The lowest BCUT2D eigenvalue weighted by Crippen LogP contribution is -2.31. The van der Waals surface area contributed by atoms with Gasteiger partial charge in [0.15, 0.2) is 5.76 Å². The summed E-state index contributed by atoms with van der Waals surface area (Å²) in [5.41, 5.74) is 1.03. The lowest BCUT2D eigenvalue weighted by molar-refractivity contribution is -0.117. The number of ether oxygens (including phenoxy) is 2. The minimum Gasteiger partial charge on any atom is -0.502 e. The molecule has 1 N–H and O–H groups in total. The Labute approximate surface area is 202 Å². The SMILES string of the molecule is CCOC(=O)c1ccc(N2C(=O)C(O)=C(S(=O)(=O)c3ccccc3)[C@H]2c2ccc(OC)cc2)cc1. The van der Waals surface area contributed by atoms with Crippen molar-refractivity contribution < 1.29 is 32.6 Å². The van der Waals surface area contributed by atoms with Gasteiger partial charge in [0.05, 0.1) is 24.2 Å². The van der Waals surface area contributed by atoms with Crippen molar-refractivity contribution in [2.75, 3.05) is 18.6 Å². The molecule has 8 nitrogen and oxygen atoms in total. The first-order chi connectivity index (χ1) is 16.8. The monoisotopic (exact) mass is 493 g/mol. The molecule has 3 aromatic carbocycles. The zero-order valence-corrected chi connectivity index (χ0v) is 19.9.